The van der Waals surface area contributed by atoms with Gasteiger partial charge in [-0.15, -0.1) is 0 Å². The molecule has 140 valence electrons. The number of para-hydroxylation sites is 1. The van der Waals surface area contributed by atoms with Gasteiger partial charge in [0.2, 0.25) is 0 Å². The van der Waals surface area contributed by atoms with Gasteiger partial charge < -0.3 is 14.8 Å². The molecule has 26 heavy (non-hydrogen) atoms. The van der Waals surface area contributed by atoms with E-state index < -0.39 is 5.60 Å². The molecule has 0 aliphatic carbocycles. The van der Waals surface area contributed by atoms with Gasteiger partial charge in [-0.3, -0.25) is 0 Å². The van der Waals surface area contributed by atoms with E-state index in [1.807, 2.05) is 75.0 Å². The van der Waals surface area contributed by atoms with E-state index >= 15 is 0 Å². The lowest BCUT2D eigenvalue weighted by Crippen LogP contribution is -2.33. The first kappa shape index (κ1) is 20.2. The number of benzene rings is 2. The quantitative estimate of drug-likeness (QED) is 0.610. The van der Waals surface area contributed by atoms with Crippen LogP contribution in [0, 0.1) is 0 Å². The molecule has 2 rings (SSSR count). The Bertz CT molecular complexity index is 683. The summed E-state index contributed by atoms with van der Waals surface area (Å²) < 4.78 is 11.1. The summed E-state index contributed by atoms with van der Waals surface area (Å²) in [5, 5.41) is 2.78. The van der Waals surface area contributed by atoms with E-state index in [0.29, 0.717) is 6.54 Å². The normalized spacial score (nSPS) is 11.0. The van der Waals surface area contributed by atoms with Crippen LogP contribution in [0.5, 0.6) is 11.5 Å². The number of amides is 1. The molecule has 5 heteroatoms. The van der Waals surface area contributed by atoms with E-state index in [-0.39, 0.29) is 6.09 Å². The highest BCUT2D eigenvalue weighted by atomic mass is 32.2. The van der Waals surface area contributed by atoms with Crippen molar-refractivity contribution in [2.24, 2.45) is 0 Å². The molecule has 0 spiro atoms. The van der Waals surface area contributed by atoms with E-state index in [0.717, 1.165) is 29.4 Å². The van der Waals surface area contributed by atoms with Crippen molar-refractivity contribution in [3.63, 3.8) is 0 Å². The molecule has 2 aromatic rings. The number of hydrogen-bond donors (Lipinski definition) is 1. The third-order valence-corrected chi connectivity index (χ3v) is 4.39. The number of nitrogens with one attached hydrogen (secondary N) is 1. The van der Waals surface area contributed by atoms with Crippen molar-refractivity contribution in [2.45, 2.75) is 38.5 Å². The standard InChI is InChI=1S/C21H27NO3S/c1-21(2,3)25-20(23)22-13-8-14-26-16-17-9-7-12-19(15-17)24-18-10-5-4-6-11-18/h4-7,9-12,15H,8,13-14,16H2,1-3H3,(H,22,23). The van der Waals surface area contributed by atoms with Crippen LogP contribution < -0.4 is 10.1 Å². The molecular weight excluding hydrogens is 346 g/mol. The minimum absolute atomic E-state index is 0.353. The zero-order chi connectivity index (χ0) is 18.8. The Morgan fingerprint density at radius 2 is 1.77 bits per heavy atom. The average molecular weight is 374 g/mol. The lowest BCUT2D eigenvalue weighted by atomic mass is 10.2. The van der Waals surface area contributed by atoms with Crippen molar-refractivity contribution in [3.05, 3.63) is 60.2 Å². The third-order valence-electron chi connectivity index (χ3n) is 3.28. The van der Waals surface area contributed by atoms with Crippen molar-refractivity contribution in [2.75, 3.05) is 12.3 Å². The zero-order valence-electron chi connectivity index (χ0n) is 15.7. The molecule has 4 nitrogen and oxygen atoms in total. The summed E-state index contributed by atoms with van der Waals surface area (Å²) in [6.07, 6.45) is 0.553. The Morgan fingerprint density at radius 1 is 1.04 bits per heavy atom. The smallest absolute Gasteiger partial charge is 0.407 e. The van der Waals surface area contributed by atoms with E-state index in [1.165, 1.54) is 5.56 Å². The average Bonchev–Trinajstić information content (AvgIpc) is 2.58. The van der Waals surface area contributed by atoms with Crippen molar-refractivity contribution in [1.82, 2.24) is 5.32 Å². The summed E-state index contributed by atoms with van der Waals surface area (Å²) in [5.41, 5.74) is 0.773. The molecule has 0 atom stereocenters. The maximum atomic E-state index is 11.5. The first-order chi connectivity index (χ1) is 12.4. The minimum Gasteiger partial charge on any atom is -0.457 e. The molecular formula is C21H27NO3S. The molecule has 0 radical (unpaired) electrons. The Kier molecular flexibility index (Phi) is 7.85. The molecule has 0 fully saturated rings. The topological polar surface area (TPSA) is 47.6 Å². The van der Waals surface area contributed by atoms with E-state index in [2.05, 4.69) is 17.4 Å². The third kappa shape index (κ3) is 8.30. The fourth-order valence-corrected chi connectivity index (χ4v) is 3.10. The van der Waals surface area contributed by atoms with Crippen molar-refractivity contribution < 1.29 is 14.3 Å². The van der Waals surface area contributed by atoms with Gasteiger partial charge in [-0.2, -0.15) is 11.8 Å². The molecule has 0 saturated carbocycles. The SMILES string of the molecule is CC(C)(C)OC(=O)NCCCSCc1cccc(Oc2ccccc2)c1. The summed E-state index contributed by atoms with van der Waals surface area (Å²) in [5.74, 6) is 3.57. The maximum absolute atomic E-state index is 11.5. The van der Waals surface area contributed by atoms with Crippen LogP contribution in [0.25, 0.3) is 0 Å². The van der Waals surface area contributed by atoms with Gasteiger partial charge in [0.25, 0.3) is 0 Å². The van der Waals surface area contributed by atoms with Crippen LogP contribution in [-0.4, -0.2) is 24.0 Å². The number of carbonyl (C=O) groups excluding carboxylic acids is 1. The van der Waals surface area contributed by atoms with Gasteiger partial charge in [-0.25, -0.2) is 4.79 Å². The van der Waals surface area contributed by atoms with Gasteiger partial charge in [-0.05, 0) is 62.8 Å². The van der Waals surface area contributed by atoms with Crippen molar-refractivity contribution in [3.8, 4) is 11.5 Å². The van der Waals surface area contributed by atoms with Crippen molar-refractivity contribution >= 4 is 17.9 Å². The Hall–Kier alpha value is -2.14. The highest BCUT2D eigenvalue weighted by Crippen LogP contribution is 2.23. The largest absolute Gasteiger partial charge is 0.457 e. The molecule has 0 heterocycles. The zero-order valence-corrected chi connectivity index (χ0v) is 16.5. The highest BCUT2D eigenvalue weighted by Gasteiger charge is 2.15. The number of thioether (sulfide) groups is 1. The molecule has 0 unspecified atom stereocenters. The molecule has 1 amide bonds. The molecule has 0 aromatic heterocycles. The molecule has 0 aliphatic heterocycles. The number of ether oxygens (including phenoxy) is 2. The van der Waals surface area contributed by atoms with Crippen LogP contribution in [0.15, 0.2) is 54.6 Å². The number of carbonyl (C=O) groups is 1. The highest BCUT2D eigenvalue weighted by molar-refractivity contribution is 7.98. The number of rotatable bonds is 8. The molecule has 0 saturated heterocycles. The van der Waals surface area contributed by atoms with Crippen molar-refractivity contribution in [1.29, 1.82) is 0 Å². The van der Waals surface area contributed by atoms with E-state index in [4.69, 9.17) is 9.47 Å². The summed E-state index contributed by atoms with van der Waals surface area (Å²) in [7, 11) is 0. The predicted octanol–water partition coefficient (Wildman–Crippen LogP) is 5.63. The summed E-state index contributed by atoms with van der Waals surface area (Å²) in [4.78, 5) is 11.5. The second kappa shape index (κ2) is 10.1. The summed E-state index contributed by atoms with van der Waals surface area (Å²) >= 11 is 1.84. The van der Waals surface area contributed by atoms with Crippen LogP contribution in [0.4, 0.5) is 4.79 Å². The van der Waals surface area contributed by atoms with E-state index in [9.17, 15) is 4.79 Å². The van der Waals surface area contributed by atoms with Crippen LogP contribution in [0.2, 0.25) is 0 Å². The maximum Gasteiger partial charge on any atom is 0.407 e. The monoisotopic (exact) mass is 373 g/mol. The van der Waals surface area contributed by atoms with Crippen LogP contribution in [0.1, 0.15) is 32.8 Å². The second-order valence-electron chi connectivity index (χ2n) is 6.90. The second-order valence-corrected chi connectivity index (χ2v) is 8.00. The minimum atomic E-state index is -0.453. The van der Waals surface area contributed by atoms with E-state index in [1.54, 1.807) is 0 Å². The van der Waals surface area contributed by atoms with Gasteiger partial charge in [0, 0.05) is 12.3 Å². The van der Waals surface area contributed by atoms with Gasteiger partial charge in [0.1, 0.15) is 17.1 Å². The lowest BCUT2D eigenvalue weighted by molar-refractivity contribution is 0.0528. The Labute approximate surface area is 160 Å². The van der Waals surface area contributed by atoms with Gasteiger partial charge in [-0.1, -0.05) is 30.3 Å². The lowest BCUT2D eigenvalue weighted by Gasteiger charge is -2.19. The first-order valence-electron chi connectivity index (χ1n) is 8.79. The predicted molar refractivity (Wildman–Crippen MR) is 108 cm³/mol. The first-order valence-corrected chi connectivity index (χ1v) is 9.94. The molecule has 2 aromatic carbocycles. The van der Waals surface area contributed by atoms with Gasteiger partial charge in [0.15, 0.2) is 0 Å². The number of alkyl carbamates (subject to hydrolysis) is 1. The molecule has 0 bridgehead atoms. The Balaban J connectivity index is 1.65. The van der Waals surface area contributed by atoms with Crippen LogP contribution >= 0.6 is 11.8 Å². The molecule has 1 N–H and O–H groups in total. The summed E-state index contributed by atoms with van der Waals surface area (Å²) in [6.45, 7) is 6.20. The fraction of sp³-hybridized carbons (Fsp3) is 0.381. The fourth-order valence-electron chi connectivity index (χ4n) is 2.19. The van der Waals surface area contributed by atoms with Gasteiger partial charge >= 0.3 is 6.09 Å². The Morgan fingerprint density at radius 3 is 2.50 bits per heavy atom. The van der Waals surface area contributed by atoms with Crippen LogP contribution in [-0.2, 0) is 10.5 Å². The number of hydrogen-bond acceptors (Lipinski definition) is 4. The van der Waals surface area contributed by atoms with Crippen LogP contribution in [0.3, 0.4) is 0 Å². The molecule has 0 aliphatic rings. The summed E-state index contributed by atoms with van der Waals surface area (Å²) in [6, 6.07) is 17.9. The van der Waals surface area contributed by atoms with Gasteiger partial charge in [0.05, 0.1) is 0 Å².